The number of carbonyl (C=O) groups excluding carboxylic acids is 1. The highest BCUT2D eigenvalue weighted by Crippen LogP contribution is 2.35. The van der Waals surface area contributed by atoms with E-state index in [1.54, 1.807) is 4.90 Å². The largest absolute Gasteiger partial charge is 0.416 e. The third kappa shape index (κ3) is 4.52. The summed E-state index contributed by atoms with van der Waals surface area (Å²) in [7, 11) is 0. The van der Waals surface area contributed by atoms with E-state index in [1.165, 1.54) is 12.1 Å². The minimum Gasteiger partial charge on any atom is -0.396 e. The van der Waals surface area contributed by atoms with E-state index in [0.717, 1.165) is 18.6 Å². The van der Waals surface area contributed by atoms with Crippen molar-refractivity contribution in [3.8, 4) is 0 Å². The molecular formula is C18H24F3NO3. The van der Waals surface area contributed by atoms with E-state index >= 15 is 0 Å². The van der Waals surface area contributed by atoms with Gasteiger partial charge in [-0.3, -0.25) is 4.79 Å². The first kappa shape index (κ1) is 19.7. The van der Waals surface area contributed by atoms with Crippen molar-refractivity contribution in [2.24, 2.45) is 5.41 Å². The van der Waals surface area contributed by atoms with Gasteiger partial charge >= 0.3 is 6.18 Å². The van der Waals surface area contributed by atoms with Gasteiger partial charge in [-0.2, -0.15) is 13.2 Å². The molecule has 1 aliphatic heterocycles. The van der Waals surface area contributed by atoms with Crippen LogP contribution < -0.4 is 0 Å². The highest BCUT2D eigenvalue weighted by Gasteiger charge is 2.42. The molecule has 0 unspecified atom stereocenters. The summed E-state index contributed by atoms with van der Waals surface area (Å²) in [6, 6.07) is 4.75. The first-order valence-corrected chi connectivity index (χ1v) is 8.44. The predicted octanol–water partition coefficient (Wildman–Crippen LogP) is 2.62. The smallest absolute Gasteiger partial charge is 0.396 e. The van der Waals surface area contributed by atoms with Gasteiger partial charge in [0.25, 0.3) is 0 Å². The number of halogens is 3. The molecule has 25 heavy (non-hydrogen) atoms. The van der Waals surface area contributed by atoms with Crippen molar-refractivity contribution in [2.45, 2.75) is 44.9 Å². The van der Waals surface area contributed by atoms with Crippen LogP contribution >= 0.6 is 0 Å². The molecule has 0 aliphatic carbocycles. The first-order chi connectivity index (χ1) is 11.7. The number of piperidine rings is 1. The van der Waals surface area contributed by atoms with Crippen LogP contribution in [0.3, 0.4) is 0 Å². The summed E-state index contributed by atoms with van der Waals surface area (Å²) in [5, 5.41) is 20.0. The number of benzene rings is 1. The molecule has 7 heteroatoms. The van der Waals surface area contributed by atoms with E-state index in [1.807, 2.05) is 6.92 Å². The van der Waals surface area contributed by atoms with Gasteiger partial charge in [-0.1, -0.05) is 31.5 Å². The lowest BCUT2D eigenvalue weighted by Gasteiger charge is -2.45. The van der Waals surface area contributed by atoms with Crippen LogP contribution in [0, 0.1) is 5.41 Å². The molecule has 1 fully saturated rings. The standard InChI is InChI=1S/C18H24F3NO3/c1-2-7-17(12-23)11-22(8-6-15(17)24)16(25)10-13-4-3-5-14(9-13)18(19,20)21/h3-5,9,15,23-24H,2,6-8,10-12H2,1H3/t15-,17+/m1/s1. The van der Waals surface area contributed by atoms with E-state index in [-0.39, 0.29) is 25.5 Å². The van der Waals surface area contributed by atoms with Gasteiger partial charge < -0.3 is 15.1 Å². The van der Waals surface area contributed by atoms with Crippen molar-refractivity contribution in [2.75, 3.05) is 19.7 Å². The second-order valence-corrected chi connectivity index (χ2v) is 6.77. The number of hydrogen-bond acceptors (Lipinski definition) is 3. The lowest BCUT2D eigenvalue weighted by Crippen LogP contribution is -2.55. The maximum absolute atomic E-state index is 12.8. The maximum Gasteiger partial charge on any atom is 0.416 e. The van der Waals surface area contributed by atoms with Gasteiger partial charge in [-0.25, -0.2) is 0 Å². The van der Waals surface area contributed by atoms with Gasteiger partial charge in [-0.05, 0) is 24.5 Å². The number of amides is 1. The van der Waals surface area contributed by atoms with Crippen LogP contribution in [0.5, 0.6) is 0 Å². The van der Waals surface area contributed by atoms with Gasteiger partial charge in [0, 0.05) is 18.5 Å². The fourth-order valence-electron chi connectivity index (χ4n) is 3.48. The Kier molecular flexibility index (Phi) is 6.11. The van der Waals surface area contributed by atoms with E-state index in [4.69, 9.17) is 0 Å². The van der Waals surface area contributed by atoms with Gasteiger partial charge in [0.2, 0.25) is 5.91 Å². The van der Waals surface area contributed by atoms with Crippen molar-refractivity contribution >= 4 is 5.91 Å². The molecule has 1 aromatic carbocycles. The van der Waals surface area contributed by atoms with E-state index in [0.29, 0.717) is 24.9 Å². The molecule has 2 rings (SSSR count). The number of aliphatic hydroxyl groups is 2. The maximum atomic E-state index is 12.8. The van der Waals surface area contributed by atoms with Gasteiger partial charge in [0.1, 0.15) is 0 Å². The molecule has 2 atom stereocenters. The highest BCUT2D eigenvalue weighted by atomic mass is 19.4. The summed E-state index contributed by atoms with van der Waals surface area (Å²) in [5.41, 5.74) is -1.23. The Morgan fingerprint density at radius 1 is 1.40 bits per heavy atom. The van der Waals surface area contributed by atoms with E-state index in [2.05, 4.69) is 0 Å². The lowest BCUT2D eigenvalue weighted by molar-refractivity contribution is -0.142. The van der Waals surface area contributed by atoms with Gasteiger partial charge in [0.15, 0.2) is 0 Å². The number of likely N-dealkylation sites (tertiary alicyclic amines) is 1. The quantitative estimate of drug-likeness (QED) is 0.850. The Balaban J connectivity index is 2.11. The molecule has 0 aromatic heterocycles. The second-order valence-electron chi connectivity index (χ2n) is 6.77. The summed E-state index contributed by atoms with van der Waals surface area (Å²) in [6.45, 7) is 2.27. The van der Waals surface area contributed by atoms with Gasteiger partial charge in [0.05, 0.1) is 24.7 Å². The van der Waals surface area contributed by atoms with Crippen LogP contribution in [-0.2, 0) is 17.4 Å². The monoisotopic (exact) mass is 359 g/mol. The first-order valence-electron chi connectivity index (χ1n) is 8.44. The average Bonchev–Trinajstić information content (AvgIpc) is 2.56. The zero-order valence-corrected chi connectivity index (χ0v) is 14.2. The molecule has 0 spiro atoms. The second kappa shape index (κ2) is 7.74. The highest BCUT2D eigenvalue weighted by molar-refractivity contribution is 5.79. The molecule has 1 aromatic rings. The predicted molar refractivity (Wildman–Crippen MR) is 86.8 cm³/mol. The number of aliphatic hydroxyl groups excluding tert-OH is 2. The number of carbonyl (C=O) groups is 1. The third-order valence-corrected chi connectivity index (χ3v) is 4.91. The van der Waals surface area contributed by atoms with Crippen molar-refractivity contribution in [1.29, 1.82) is 0 Å². The van der Waals surface area contributed by atoms with Crippen LogP contribution in [-0.4, -0.2) is 46.8 Å². The summed E-state index contributed by atoms with van der Waals surface area (Å²) >= 11 is 0. The van der Waals surface area contributed by atoms with Gasteiger partial charge in [-0.15, -0.1) is 0 Å². The van der Waals surface area contributed by atoms with Crippen molar-refractivity contribution in [1.82, 2.24) is 4.90 Å². The molecule has 0 radical (unpaired) electrons. The minimum atomic E-state index is -4.44. The Hall–Kier alpha value is -1.60. The SMILES string of the molecule is CCC[C@@]1(CO)CN(C(=O)Cc2cccc(C(F)(F)F)c2)CC[C@H]1O. The summed E-state index contributed by atoms with van der Waals surface area (Å²) in [6.07, 6.45) is -3.56. The molecular weight excluding hydrogens is 335 g/mol. The summed E-state index contributed by atoms with van der Waals surface area (Å²) in [4.78, 5) is 14.1. The third-order valence-electron chi connectivity index (χ3n) is 4.91. The molecule has 0 bridgehead atoms. The summed E-state index contributed by atoms with van der Waals surface area (Å²) in [5.74, 6) is -0.292. The lowest BCUT2D eigenvalue weighted by atomic mass is 9.74. The Labute approximate surface area is 145 Å². The molecule has 0 saturated carbocycles. The Morgan fingerprint density at radius 3 is 2.72 bits per heavy atom. The van der Waals surface area contributed by atoms with Crippen molar-refractivity contribution < 1.29 is 28.2 Å². The fourth-order valence-corrected chi connectivity index (χ4v) is 3.48. The molecule has 1 aliphatic rings. The molecule has 4 nitrogen and oxygen atoms in total. The number of alkyl halides is 3. The van der Waals surface area contributed by atoms with E-state index in [9.17, 15) is 28.2 Å². The fraction of sp³-hybridized carbons (Fsp3) is 0.611. The molecule has 1 saturated heterocycles. The topological polar surface area (TPSA) is 60.8 Å². The number of rotatable bonds is 5. The molecule has 140 valence electrons. The summed E-state index contributed by atoms with van der Waals surface area (Å²) < 4.78 is 38.4. The molecule has 2 N–H and O–H groups in total. The zero-order chi connectivity index (χ0) is 18.7. The molecule has 1 amide bonds. The van der Waals surface area contributed by atoms with Crippen LogP contribution in [0.2, 0.25) is 0 Å². The zero-order valence-electron chi connectivity index (χ0n) is 14.2. The molecule has 1 heterocycles. The Bertz CT molecular complexity index is 605. The number of nitrogens with zero attached hydrogens (tertiary/aromatic N) is 1. The van der Waals surface area contributed by atoms with Crippen molar-refractivity contribution in [3.05, 3.63) is 35.4 Å². The number of hydrogen-bond donors (Lipinski definition) is 2. The van der Waals surface area contributed by atoms with E-state index < -0.39 is 23.3 Å². The Morgan fingerprint density at radius 2 is 2.12 bits per heavy atom. The van der Waals surface area contributed by atoms with Crippen LogP contribution in [0.1, 0.15) is 37.3 Å². The normalized spacial score (nSPS) is 24.4. The van der Waals surface area contributed by atoms with Crippen molar-refractivity contribution in [3.63, 3.8) is 0 Å². The van der Waals surface area contributed by atoms with Crippen LogP contribution in [0.15, 0.2) is 24.3 Å². The average molecular weight is 359 g/mol. The minimum absolute atomic E-state index is 0.131. The van der Waals surface area contributed by atoms with Crippen LogP contribution in [0.4, 0.5) is 13.2 Å². The van der Waals surface area contributed by atoms with Crippen LogP contribution in [0.25, 0.3) is 0 Å².